The average Bonchev–Trinajstić information content (AvgIpc) is 2.85. The fourth-order valence-electron chi connectivity index (χ4n) is 3.40. The second-order valence-corrected chi connectivity index (χ2v) is 6.56. The molecule has 7 nitrogen and oxygen atoms in total. The summed E-state index contributed by atoms with van der Waals surface area (Å²) in [6.07, 6.45) is 4.70. The molecule has 0 aromatic heterocycles. The van der Waals surface area contributed by atoms with E-state index in [1.807, 2.05) is 6.07 Å². The molecule has 2 fully saturated rings. The molecule has 1 aliphatic heterocycles. The Kier molecular flexibility index (Phi) is 4.70. The van der Waals surface area contributed by atoms with Crippen molar-refractivity contribution < 1.29 is 14.4 Å². The minimum atomic E-state index is -0.838. The number of hydrogen-bond donors (Lipinski definition) is 2. The van der Waals surface area contributed by atoms with Gasteiger partial charge >= 0.3 is 6.03 Å². The first-order chi connectivity index (χ1) is 12.0. The number of urea groups is 1. The van der Waals surface area contributed by atoms with Gasteiger partial charge in [-0.05, 0) is 37.0 Å². The van der Waals surface area contributed by atoms with Crippen molar-refractivity contribution in [2.24, 2.45) is 0 Å². The molecule has 0 unspecified atom stereocenters. The van der Waals surface area contributed by atoms with Gasteiger partial charge in [-0.25, -0.2) is 4.79 Å². The zero-order valence-corrected chi connectivity index (χ0v) is 13.9. The molecule has 1 aromatic carbocycles. The summed E-state index contributed by atoms with van der Waals surface area (Å²) in [5.74, 6) is -0.746. The monoisotopic (exact) mass is 340 g/mol. The van der Waals surface area contributed by atoms with Gasteiger partial charge in [-0.15, -0.1) is 0 Å². The van der Waals surface area contributed by atoms with E-state index in [2.05, 4.69) is 10.7 Å². The lowest BCUT2D eigenvalue weighted by atomic mass is 9.82. The van der Waals surface area contributed by atoms with Gasteiger partial charge in [0, 0.05) is 6.42 Å². The largest absolute Gasteiger partial charge is 0.344 e. The van der Waals surface area contributed by atoms with E-state index in [-0.39, 0.29) is 18.2 Å². The first kappa shape index (κ1) is 17.0. The number of benzene rings is 1. The molecule has 0 radical (unpaired) electrons. The Hall–Kier alpha value is -2.88. The van der Waals surface area contributed by atoms with Crippen molar-refractivity contribution in [1.29, 1.82) is 5.26 Å². The first-order valence-corrected chi connectivity index (χ1v) is 8.49. The quantitative estimate of drug-likeness (QED) is 0.816. The number of imide groups is 1. The predicted octanol–water partition coefficient (Wildman–Crippen LogP) is 1.78. The van der Waals surface area contributed by atoms with Crippen LogP contribution >= 0.6 is 0 Å². The summed E-state index contributed by atoms with van der Waals surface area (Å²) in [5, 5.41) is 12.4. The Morgan fingerprint density at radius 2 is 1.88 bits per heavy atom. The first-order valence-electron chi connectivity index (χ1n) is 8.49. The number of rotatable bonds is 4. The van der Waals surface area contributed by atoms with Crippen LogP contribution in [-0.2, 0) is 16.0 Å². The number of carbonyl (C=O) groups is 3. The molecule has 0 atom stereocenters. The molecule has 0 bridgehead atoms. The van der Waals surface area contributed by atoms with Crippen molar-refractivity contribution >= 4 is 17.8 Å². The zero-order chi connectivity index (χ0) is 17.9. The van der Waals surface area contributed by atoms with Crippen LogP contribution in [0.4, 0.5) is 4.79 Å². The van der Waals surface area contributed by atoms with Crippen LogP contribution in [0.15, 0.2) is 24.3 Å². The molecular weight excluding hydrogens is 320 g/mol. The molecule has 1 saturated heterocycles. The Morgan fingerprint density at radius 3 is 2.52 bits per heavy atom. The van der Waals surface area contributed by atoms with Crippen molar-refractivity contribution in [3.8, 4) is 6.07 Å². The number of hydrogen-bond acceptors (Lipinski definition) is 4. The maximum absolute atomic E-state index is 12.6. The molecule has 2 aliphatic rings. The highest BCUT2D eigenvalue weighted by atomic mass is 16.2. The number of carbonyl (C=O) groups excluding carboxylic acids is 3. The van der Waals surface area contributed by atoms with E-state index in [9.17, 15) is 14.4 Å². The van der Waals surface area contributed by atoms with E-state index in [0.717, 1.165) is 29.8 Å². The van der Waals surface area contributed by atoms with Crippen molar-refractivity contribution in [2.75, 3.05) is 0 Å². The second kappa shape index (κ2) is 6.93. The van der Waals surface area contributed by atoms with Crippen LogP contribution in [0, 0.1) is 11.3 Å². The number of nitrogens with one attached hydrogen (secondary N) is 2. The average molecular weight is 340 g/mol. The van der Waals surface area contributed by atoms with Crippen LogP contribution in [0.3, 0.4) is 0 Å². The maximum atomic E-state index is 12.6. The molecule has 4 amide bonds. The van der Waals surface area contributed by atoms with Crippen LogP contribution in [0.25, 0.3) is 0 Å². The maximum Gasteiger partial charge on any atom is 0.344 e. The van der Waals surface area contributed by atoms with E-state index >= 15 is 0 Å². The van der Waals surface area contributed by atoms with Crippen LogP contribution < -0.4 is 10.7 Å². The van der Waals surface area contributed by atoms with Crippen LogP contribution in [-0.4, -0.2) is 28.4 Å². The highest BCUT2D eigenvalue weighted by molar-refractivity contribution is 6.08. The van der Waals surface area contributed by atoms with Crippen LogP contribution in [0.5, 0.6) is 0 Å². The Morgan fingerprint density at radius 1 is 1.20 bits per heavy atom. The molecule has 3 rings (SSSR count). The van der Waals surface area contributed by atoms with Gasteiger partial charge < -0.3 is 5.32 Å². The van der Waals surface area contributed by atoms with Crippen LogP contribution in [0.1, 0.15) is 49.7 Å². The minimum absolute atomic E-state index is 0.149. The number of nitrogens with zero attached hydrogens (tertiary/aromatic N) is 2. The summed E-state index contributed by atoms with van der Waals surface area (Å²) in [4.78, 5) is 36.8. The predicted molar refractivity (Wildman–Crippen MR) is 88.8 cm³/mol. The van der Waals surface area contributed by atoms with Gasteiger partial charge in [0.1, 0.15) is 5.54 Å². The fraction of sp³-hybridized carbons (Fsp3) is 0.444. The van der Waals surface area contributed by atoms with Gasteiger partial charge in [-0.2, -0.15) is 10.3 Å². The van der Waals surface area contributed by atoms with Gasteiger partial charge in [0.2, 0.25) is 5.91 Å². The number of nitriles is 1. The molecule has 1 spiro atoms. The van der Waals surface area contributed by atoms with Gasteiger partial charge in [0.25, 0.3) is 5.91 Å². The van der Waals surface area contributed by atoms with Crippen molar-refractivity contribution in [2.45, 2.75) is 50.5 Å². The smallest absolute Gasteiger partial charge is 0.322 e. The third-order valence-corrected chi connectivity index (χ3v) is 4.83. The summed E-state index contributed by atoms with van der Waals surface area (Å²) in [6, 6.07) is 8.44. The molecule has 1 saturated carbocycles. The zero-order valence-electron chi connectivity index (χ0n) is 13.9. The molecule has 7 heteroatoms. The molecule has 130 valence electrons. The number of aryl methyl sites for hydroxylation is 1. The number of hydrazine groups is 1. The van der Waals surface area contributed by atoms with E-state index in [0.29, 0.717) is 24.8 Å². The summed E-state index contributed by atoms with van der Waals surface area (Å²) in [5.41, 5.74) is 3.06. The SMILES string of the molecule is N#Cc1ccc(CCC(=O)NN2C(=O)NC3(CCCCC3)C2=O)cc1. The molecule has 1 aliphatic carbocycles. The van der Waals surface area contributed by atoms with Crippen molar-refractivity contribution in [3.63, 3.8) is 0 Å². The molecule has 1 aromatic rings. The Labute approximate surface area is 146 Å². The topological polar surface area (TPSA) is 102 Å². The Bertz CT molecular complexity index is 730. The lowest BCUT2D eigenvalue weighted by molar-refractivity contribution is -0.139. The second-order valence-electron chi connectivity index (χ2n) is 6.56. The summed E-state index contributed by atoms with van der Waals surface area (Å²) >= 11 is 0. The van der Waals surface area contributed by atoms with Gasteiger partial charge in [0.15, 0.2) is 0 Å². The molecule has 2 N–H and O–H groups in total. The van der Waals surface area contributed by atoms with E-state index in [1.165, 1.54) is 0 Å². The van der Waals surface area contributed by atoms with Crippen LogP contribution in [0.2, 0.25) is 0 Å². The Balaban J connectivity index is 1.56. The van der Waals surface area contributed by atoms with E-state index in [4.69, 9.17) is 5.26 Å². The third kappa shape index (κ3) is 3.48. The van der Waals surface area contributed by atoms with Crippen molar-refractivity contribution in [3.05, 3.63) is 35.4 Å². The minimum Gasteiger partial charge on any atom is -0.322 e. The summed E-state index contributed by atoms with van der Waals surface area (Å²) in [6.45, 7) is 0. The lowest BCUT2D eigenvalue weighted by Crippen LogP contribution is -2.51. The van der Waals surface area contributed by atoms with Crippen molar-refractivity contribution in [1.82, 2.24) is 15.8 Å². The van der Waals surface area contributed by atoms with Gasteiger partial charge in [-0.3, -0.25) is 15.0 Å². The van der Waals surface area contributed by atoms with Gasteiger partial charge in [-0.1, -0.05) is 31.4 Å². The highest BCUT2D eigenvalue weighted by Crippen LogP contribution is 2.32. The molecule has 25 heavy (non-hydrogen) atoms. The lowest BCUT2D eigenvalue weighted by Gasteiger charge is -2.30. The number of amides is 4. The summed E-state index contributed by atoms with van der Waals surface area (Å²) in [7, 11) is 0. The third-order valence-electron chi connectivity index (χ3n) is 4.83. The molecule has 1 heterocycles. The van der Waals surface area contributed by atoms with E-state index in [1.54, 1.807) is 24.3 Å². The normalized spacial score (nSPS) is 18.8. The standard InChI is InChI=1S/C18H20N4O3/c19-12-14-6-4-13(5-7-14)8-9-15(23)21-22-16(24)18(20-17(22)25)10-2-1-3-11-18/h4-7H,1-3,8-11H2,(H,20,25)(H,21,23). The molecular formula is C18H20N4O3. The van der Waals surface area contributed by atoms with Gasteiger partial charge in [0.05, 0.1) is 11.6 Å². The summed E-state index contributed by atoms with van der Waals surface area (Å²) < 4.78 is 0. The van der Waals surface area contributed by atoms with E-state index < -0.39 is 11.6 Å². The highest BCUT2D eigenvalue weighted by Gasteiger charge is 2.52. The fourth-order valence-corrected chi connectivity index (χ4v) is 3.40.